The summed E-state index contributed by atoms with van der Waals surface area (Å²) in [5.74, 6) is 0.258. The van der Waals surface area contributed by atoms with Gasteiger partial charge in [0.25, 0.3) is 5.91 Å². The highest BCUT2D eigenvalue weighted by molar-refractivity contribution is 7.18. The predicted molar refractivity (Wildman–Crippen MR) is 151 cm³/mol. The zero-order chi connectivity index (χ0) is 26.6. The molecule has 1 amide bonds. The lowest BCUT2D eigenvalue weighted by Gasteiger charge is -2.33. The van der Waals surface area contributed by atoms with Gasteiger partial charge >= 0.3 is 0 Å². The molecule has 1 aliphatic heterocycles. The van der Waals surface area contributed by atoms with Gasteiger partial charge in [0.15, 0.2) is 0 Å². The van der Waals surface area contributed by atoms with Gasteiger partial charge < -0.3 is 9.88 Å². The molecule has 6 rings (SSSR count). The van der Waals surface area contributed by atoms with Crippen molar-refractivity contribution in [2.75, 3.05) is 6.54 Å². The van der Waals surface area contributed by atoms with E-state index < -0.39 is 5.54 Å². The third kappa shape index (κ3) is 4.10. The summed E-state index contributed by atoms with van der Waals surface area (Å²) >= 11 is 7.80. The summed E-state index contributed by atoms with van der Waals surface area (Å²) in [5, 5.41) is 1.42. The summed E-state index contributed by atoms with van der Waals surface area (Å²) in [6.07, 6.45) is 1.62. The number of carbonyl (C=O) groups is 1. The molecule has 5 aromatic rings. The molecule has 3 aromatic carbocycles. The summed E-state index contributed by atoms with van der Waals surface area (Å²) in [7, 11) is 0. The lowest BCUT2D eigenvalue weighted by molar-refractivity contribution is 0.0601. The number of imidazole rings is 1. The first-order chi connectivity index (χ1) is 18.2. The highest BCUT2D eigenvalue weighted by atomic mass is 35.5. The van der Waals surface area contributed by atoms with E-state index in [2.05, 4.69) is 18.0 Å². The number of nitrogens with one attached hydrogen (secondary N) is 1. The van der Waals surface area contributed by atoms with Gasteiger partial charge in [-0.25, -0.2) is 14.4 Å². The average Bonchev–Trinajstić information content (AvgIpc) is 3.64. The van der Waals surface area contributed by atoms with Gasteiger partial charge in [-0.15, -0.1) is 11.3 Å². The second-order valence-corrected chi connectivity index (χ2v) is 11.5. The minimum atomic E-state index is -0.637. The molecule has 0 spiro atoms. The summed E-state index contributed by atoms with van der Waals surface area (Å²) in [6, 6.07) is 18.1. The summed E-state index contributed by atoms with van der Waals surface area (Å²) in [4.78, 5) is 30.1. The molecule has 192 valence electrons. The molecule has 1 aliphatic rings. The highest BCUT2D eigenvalue weighted by Crippen LogP contribution is 2.42. The van der Waals surface area contributed by atoms with Crippen molar-refractivity contribution in [3.63, 3.8) is 0 Å². The number of aromatic amines is 1. The van der Waals surface area contributed by atoms with Crippen LogP contribution in [0.1, 0.15) is 47.2 Å². The maximum atomic E-state index is 14.3. The normalized spacial score (nSPS) is 17.4. The molecule has 1 N–H and O–H groups in total. The average molecular weight is 545 g/mol. The first kappa shape index (κ1) is 24.8. The standard InChI is InChI=1S/C30H26ClFN4OS/c1-17-6-4-7-20(16-17)27-34-25(26(38-27)19-8-10-21(32)11-9-19)28(37)36-15-5-14-30(36,3)29-33-23-13-12-22(31)18(2)24(23)35-29/h4,6-13,16H,5,14-15H2,1-3H3,(H,33,35). The van der Waals surface area contributed by atoms with Crippen molar-refractivity contribution in [3.8, 4) is 21.0 Å². The Hall–Kier alpha value is -3.55. The molecule has 5 nitrogen and oxygen atoms in total. The van der Waals surface area contributed by atoms with E-state index in [-0.39, 0.29) is 11.7 Å². The summed E-state index contributed by atoms with van der Waals surface area (Å²) < 4.78 is 13.7. The van der Waals surface area contributed by atoms with Crippen LogP contribution in [0.15, 0.2) is 60.7 Å². The fourth-order valence-electron chi connectivity index (χ4n) is 5.27. The molecule has 8 heteroatoms. The number of amides is 1. The molecule has 1 atom stereocenters. The van der Waals surface area contributed by atoms with Gasteiger partial charge in [-0.05, 0) is 75.1 Å². The Kier molecular flexibility index (Phi) is 6.08. The van der Waals surface area contributed by atoms with Crippen LogP contribution in [0.3, 0.4) is 0 Å². The molecule has 1 saturated heterocycles. The molecule has 1 unspecified atom stereocenters. The quantitative estimate of drug-likeness (QED) is 0.250. The number of hydrogen-bond donors (Lipinski definition) is 1. The van der Waals surface area contributed by atoms with Crippen molar-refractivity contribution in [2.45, 2.75) is 39.2 Å². The number of aryl methyl sites for hydroxylation is 2. The first-order valence-electron chi connectivity index (χ1n) is 12.6. The Morgan fingerprint density at radius 3 is 2.63 bits per heavy atom. The van der Waals surface area contributed by atoms with Crippen molar-refractivity contribution >= 4 is 39.9 Å². The monoisotopic (exact) mass is 544 g/mol. The first-order valence-corrected chi connectivity index (χ1v) is 13.7. The maximum absolute atomic E-state index is 14.3. The number of benzene rings is 3. The fraction of sp³-hybridized carbons (Fsp3) is 0.233. The number of likely N-dealkylation sites (tertiary alicyclic amines) is 1. The SMILES string of the molecule is Cc1cccc(-c2nc(C(=O)N3CCCC3(C)c3nc4c(C)c(Cl)ccc4[nH]3)c(-c3ccc(F)cc3)s2)c1. The molecule has 3 heterocycles. The lowest BCUT2D eigenvalue weighted by atomic mass is 9.97. The van der Waals surface area contributed by atoms with E-state index in [0.29, 0.717) is 17.3 Å². The Balaban J connectivity index is 1.45. The molecular formula is C30H26ClFN4OS. The molecule has 0 radical (unpaired) electrons. The topological polar surface area (TPSA) is 61.9 Å². The van der Waals surface area contributed by atoms with Crippen LogP contribution in [0.25, 0.3) is 32.0 Å². The minimum Gasteiger partial charge on any atom is -0.340 e. The minimum absolute atomic E-state index is 0.158. The third-order valence-corrected chi connectivity index (χ3v) is 9.00. The maximum Gasteiger partial charge on any atom is 0.274 e. The highest BCUT2D eigenvalue weighted by Gasteiger charge is 2.45. The van der Waals surface area contributed by atoms with Gasteiger partial charge in [-0.1, -0.05) is 47.5 Å². The van der Waals surface area contributed by atoms with E-state index in [1.54, 1.807) is 12.1 Å². The Morgan fingerprint density at radius 2 is 1.87 bits per heavy atom. The third-order valence-electron chi connectivity index (χ3n) is 7.44. The number of hydrogen-bond acceptors (Lipinski definition) is 4. The second kappa shape index (κ2) is 9.33. The van der Waals surface area contributed by atoms with Gasteiger partial charge in [0.2, 0.25) is 0 Å². The number of aromatic nitrogens is 3. The van der Waals surface area contributed by atoms with Crippen LogP contribution in [-0.4, -0.2) is 32.3 Å². The number of H-pyrrole nitrogens is 1. The fourth-order valence-corrected chi connectivity index (χ4v) is 6.48. The van der Waals surface area contributed by atoms with Crippen molar-refractivity contribution in [1.29, 1.82) is 0 Å². The largest absolute Gasteiger partial charge is 0.340 e. The van der Waals surface area contributed by atoms with Gasteiger partial charge in [0.1, 0.15) is 22.3 Å². The molecule has 1 fully saturated rings. The van der Waals surface area contributed by atoms with E-state index in [1.807, 2.05) is 49.1 Å². The molecule has 2 aromatic heterocycles. The van der Waals surface area contributed by atoms with Gasteiger partial charge in [-0.3, -0.25) is 4.79 Å². The van der Waals surface area contributed by atoms with Crippen molar-refractivity contribution < 1.29 is 9.18 Å². The Labute approximate surface area is 229 Å². The van der Waals surface area contributed by atoms with Gasteiger partial charge in [0, 0.05) is 17.1 Å². The lowest BCUT2D eigenvalue weighted by Crippen LogP contribution is -2.44. The van der Waals surface area contributed by atoms with Crippen molar-refractivity contribution in [2.24, 2.45) is 0 Å². The van der Waals surface area contributed by atoms with Gasteiger partial charge in [-0.2, -0.15) is 0 Å². The number of halogens is 2. The van der Waals surface area contributed by atoms with Gasteiger partial charge in [0.05, 0.1) is 21.4 Å². The van der Waals surface area contributed by atoms with Crippen LogP contribution < -0.4 is 0 Å². The summed E-state index contributed by atoms with van der Waals surface area (Å²) in [5.41, 5.74) is 5.19. The van der Waals surface area contributed by atoms with Crippen LogP contribution in [0.5, 0.6) is 0 Å². The van der Waals surface area contributed by atoms with Crippen LogP contribution in [0, 0.1) is 19.7 Å². The van der Waals surface area contributed by atoms with E-state index in [4.69, 9.17) is 21.6 Å². The van der Waals surface area contributed by atoms with Crippen molar-refractivity contribution in [3.05, 3.63) is 94.1 Å². The van der Waals surface area contributed by atoms with E-state index in [1.165, 1.54) is 23.5 Å². The van der Waals surface area contributed by atoms with E-state index in [0.717, 1.165) is 61.8 Å². The van der Waals surface area contributed by atoms with E-state index >= 15 is 0 Å². The van der Waals surface area contributed by atoms with Crippen LogP contribution in [0.2, 0.25) is 5.02 Å². The van der Waals surface area contributed by atoms with Crippen molar-refractivity contribution in [1.82, 2.24) is 19.9 Å². The zero-order valence-electron chi connectivity index (χ0n) is 21.3. The molecule has 0 saturated carbocycles. The Morgan fingerprint density at radius 1 is 1.08 bits per heavy atom. The molecule has 0 bridgehead atoms. The second-order valence-electron chi connectivity index (χ2n) is 10.1. The number of fused-ring (bicyclic) bond motifs is 1. The predicted octanol–water partition coefficient (Wildman–Crippen LogP) is 7.91. The smallest absolute Gasteiger partial charge is 0.274 e. The molecular weight excluding hydrogens is 519 g/mol. The molecule has 38 heavy (non-hydrogen) atoms. The number of carbonyl (C=O) groups excluding carboxylic acids is 1. The molecule has 0 aliphatic carbocycles. The zero-order valence-corrected chi connectivity index (χ0v) is 22.9. The van der Waals surface area contributed by atoms with Crippen LogP contribution in [0.4, 0.5) is 4.39 Å². The summed E-state index contributed by atoms with van der Waals surface area (Å²) in [6.45, 7) is 6.62. The number of thiazole rings is 1. The van der Waals surface area contributed by atoms with Crippen LogP contribution >= 0.6 is 22.9 Å². The van der Waals surface area contributed by atoms with Crippen LogP contribution in [-0.2, 0) is 5.54 Å². The number of rotatable bonds is 4. The Bertz CT molecular complexity index is 1690. The van der Waals surface area contributed by atoms with E-state index in [9.17, 15) is 9.18 Å². The number of nitrogens with zero attached hydrogens (tertiary/aromatic N) is 3.